The molecule has 1 aromatic carbocycles. The molecule has 118 valence electrons. The number of rotatable bonds is 7. The van der Waals surface area contributed by atoms with Crippen LogP contribution in [-0.2, 0) is 16.4 Å². The fourth-order valence-electron chi connectivity index (χ4n) is 3.32. The molecule has 1 fully saturated rings. The van der Waals surface area contributed by atoms with Gasteiger partial charge in [0.05, 0.1) is 5.75 Å². The second kappa shape index (κ2) is 7.38. The Morgan fingerprint density at radius 3 is 2.57 bits per heavy atom. The second-order valence-electron chi connectivity index (χ2n) is 5.75. The molecule has 0 amide bonds. The smallest absolute Gasteiger partial charge is 0.214 e. The lowest BCUT2D eigenvalue weighted by atomic mass is 10.0. The molecule has 1 aliphatic rings. The standard InChI is InChI=1S/C16H26N2O2S/c1-2-18(16-10-6-9-15(16)13-17)21(19,20)12-11-14-7-4-3-5-8-14/h3-5,7-8,15-16H,2,6,9-13,17H2,1H3. The van der Waals surface area contributed by atoms with Gasteiger partial charge in [0.2, 0.25) is 10.0 Å². The van der Waals surface area contributed by atoms with Crippen LogP contribution < -0.4 is 5.73 Å². The number of hydrogen-bond acceptors (Lipinski definition) is 3. The van der Waals surface area contributed by atoms with Crippen molar-refractivity contribution in [2.45, 2.75) is 38.6 Å². The lowest BCUT2D eigenvalue weighted by molar-refractivity contribution is 0.276. The van der Waals surface area contributed by atoms with Gasteiger partial charge in [-0.25, -0.2) is 8.42 Å². The van der Waals surface area contributed by atoms with Crippen LogP contribution in [0.5, 0.6) is 0 Å². The summed E-state index contributed by atoms with van der Waals surface area (Å²) in [6, 6.07) is 9.89. The van der Waals surface area contributed by atoms with E-state index >= 15 is 0 Å². The predicted octanol–water partition coefficient (Wildman–Crippen LogP) is 2.01. The molecule has 1 aromatic rings. The van der Waals surface area contributed by atoms with Gasteiger partial charge in [-0.1, -0.05) is 43.7 Å². The highest BCUT2D eigenvalue weighted by Crippen LogP contribution is 2.31. The van der Waals surface area contributed by atoms with Gasteiger partial charge in [-0.05, 0) is 37.3 Å². The van der Waals surface area contributed by atoms with Gasteiger partial charge in [0, 0.05) is 12.6 Å². The van der Waals surface area contributed by atoms with Crippen LogP contribution in [0.2, 0.25) is 0 Å². The Labute approximate surface area is 128 Å². The van der Waals surface area contributed by atoms with E-state index in [1.807, 2.05) is 37.3 Å². The molecule has 0 spiro atoms. The number of aryl methyl sites for hydroxylation is 1. The van der Waals surface area contributed by atoms with Crippen LogP contribution in [0.1, 0.15) is 31.7 Å². The fraction of sp³-hybridized carbons (Fsp3) is 0.625. The van der Waals surface area contributed by atoms with Crippen LogP contribution in [-0.4, -0.2) is 37.6 Å². The van der Waals surface area contributed by atoms with Gasteiger partial charge < -0.3 is 5.73 Å². The van der Waals surface area contributed by atoms with E-state index in [9.17, 15) is 8.42 Å². The van der Waals surface area contributed by atoms with Crippen molar-refractivity contribution in [1.29, 1.82) is 0 Å². The van der Waals surface area contributed by atoms with Crippen LogP contribution in [0, 0.1) is 5.92 Å². The molecule has 2 unspecified atom stereocenters. The van der Waals surface area contributed by atoms with Crippen LogP contribution in [0.15, 0.2) is 30.3 Å². The van der Waals surface area contributed by atoms with E-state index in [0.717, 1.165) is 24.8 Å². The van der Waals surface area contributed by atoms with Crippen molar-refractivity contribution in [3.8, 4) is 0 Å². The summed E-state index contributed by atoms with van der Waals surface area (Å²) in [5.41, 5.74) is 6.87. The van der Waals surface area contributed by atoms with Crippen LogP contribution in [0.25, 0.3) is 0 Å². The first-order chi connectivity index (χ1) is 10.1. The first-order valence-corrected chi connectivity index (χ1v) is 9.43. The summed E-state index contributed by atoms with van der Waals surface area (Å²) < 4.78 is 27.0. The molecule has 2 rings (SSSR count). The van der Waals surface area contributed by atoms with Crippen molar-refractivity contribution in [2.24, 2.45) is 11.7 Å². The molecule has 0 aromatic heterocycles. The van der Waals surface area contributed by atoms with E-state index in [0.29, 0.717) is 25.4 Å². The maximum absolute atomic E-state index is 12.7. The third-order valence-corrected chi connectivity index (χ3v) is 6.42. The quantitative estimate of drug-likeness (QED) is 0.838. The zero-order valence-corrected chi connectivity index (χ0v) is 13.6. The van der Waals surface area contributed by atoms with Gasteiger partial charge in [0.1, 0.15) is 0 Å². The summed E-state index contributed by atoms with van der Waals surface area (Å²) in [5.74, 6) is 0.495. The molecule has 0 aliphatic heterocycles. The summed E-state index contributed by atoms with van der Waals surface area (Å²) in [5, 5.41) is 0. The minimum atomic E-state index is -3.22. The number of nitrogens with two attached hydrogens (primary N) is 1. The maximum atomic E-state index is 12.7. The number of nitrogens with zero attached hydrogens (tertiary/aromatic N) is 1. The van der Waals surface area contributed by atoms with E-state index in [2.05, 4.69) is 0 Å². The van der Waals surface area contributed by atoms with Gasteiger partial charge in [-0.2, -0.15) is 4.31 Å². The second-order valence-corrected chi connectivity index (χ2v) is 7.79. The largest absolute Gasteiger partial charge is 0.330 e. The highest BCUT2D eigenvalue weighted by atomic mass is 32.2. The molecule has 2 N–H and O–H groups in total. The molecule has 4 nitrogen and oxygen atoms in total. The zero-order chi connectivity index (χ0) is 15.3. The summed E-state index contributed by atoms with van der Waals surface area (Å²) in [7, 11) is -3.22. The lowest BCUT2D eigenvalue weighted by Gasteiger charge is -2.31. The van der Waals surface area contributed by atoms with E-state index in [-0.39, 0.29) is 11.8 Å². The SMILES string of the molecule is CCN(C1CCCC1CN)S(=O)(=O)CCc1ccccc1. The average molecular weight is 310 g/mol. The van der Waals surface area contributed by atoms with Crippen molar-refractivity contribution < 1.29 is 8.42 Å². The Hall–Kier alpha value is -0.910. The zero-order valence-electron chi connectivity index (χ0n) is 12.7. The van der Waals surface area contributed by atoms with E-state index in [1.54, 1.807) is 4.31 Å². The van der Waals surface area contributed by atoms with E-state index in [4.69, 9.17) is 5.73 Å². The normalized spacial score (nSPS) is 22.8. The first kappa shape index (κ1) is 16.5. The predicted molar refractivity (Wildman–Crippen MR) is 86.5 cm³/mol. The Balaban J connectivity index is 2.05. The van der Waals surface area contributed by atoms with Crippen LogP contribution in [0.3, 0.4) is 0 Å². The van der Waals surface area contributed by atoms with Crippen LogP contribution >= 0.6 is 0 Å². The third kappa shape index (κ3) is 4.05. The molecular formula is C16H26N2O2S. The maximum Gasteiger partial charge on any atom is 0.214 e. The highest BCUT2D eigenvalue weighted by molar-refractivity contribution is 7.89. The minimum Gasteiger partial charge on any atom is -0.330 e. The average Bonchev–Trinajstić information content (AvgIpc) is 2.95. The summed E-state index contributed by atoms with van der Waals surface area (Å²) in [6.45, 7) is 3.04. The first-order valence-electron chi connectivity index (χ1n) is 7.82. The Kier molecular flexibility index (Phi) is 5.79. The Morgan fingerprint density at radius 2 is 1.95 bits per heavy atom. The van der Waals surface area contributed by atoms with E-state index < -0.39 is 10.0 Å². The van der Waals surface area contributed by atoms with Crippen molar-refractivity contribution in [3.63, 3.8) is 0 Å². The van der Waals surface area contributed by atoms with Gasteiger partial charge in [0.15, 0.2) is 0 Å². The Bertz CT molecular complexity index is 530. The number of sulfonamides is 1. The van der Waals surface area contributed by atoms with Crippen molar-refractivity contribution in [1.82, 2.24) is 4.31 Å². The Morgan fingerprint density at radius 1 is 1.24 bits per heavy atom. The van der Waals surface area contributed by atoms with Gasteiger partial charge >= 0.3 is 0 Å². The van der Waals surface area contributed by atoms with E-state index in [1.165, 1.54) is 0 Å². The molecule has 21 heavy (non-hydrogen) atoms. The molecule has 5 heteroatoms. The topological polar surface area (TPSA) is 63.4 Å². The summed E-state index contributed by atoms with van der Waals surface area (Å²) in [4.78, 5) is 0. The monoisotopic (exact) mass is 310 g/mol. The molecule has 1 aliphatic carbocycles. The van der Waals surface area contributed by atoms with Crippen molar-refractivity contribution in [2.75, 3.05) is 18.8 Å². The molecule has 0 heterocycles. The molecule has 0 radical (unpaired) electrons. The third-order valence-electron chi connectivity index (χ3n) is 4.45. The van der Waals surface area contributed by atoms with Crippen LogP contribution in [0.4, 0.5) is 0 Å². The minimum absolute atomic E-state index is 0.0979. The fourth-order valence-corrected chi connectivity index (χ4v) is 5.13. The summed E-state index contributed by atoms with van der Waals surface area (Å²) >= 11 is 0. The molecule has 1 saturated carbocycles. The molecule has 0 bridgehead atoms. The molecule has 2 atom stereocenters. The van der Waals surface area contributed by atoms with Gasteiger partial charge in [-0.3, -0.25) is 0 Å². The molecule has 0 saturated heterocycles. The van der Waals surface area contributed by atoms with Crippen molar-refractivity contribution in [3.05, 3.63) is 35.9 Å². The highest BCUT2D eigenvalue weighted by Gasteiger charge is 2.36. The number of benzene rings is 1. The van der Waals surface area contributed by atoms with Gasteiger partial charge in [0.25, 0.3) is 0 Å². The molecular weight excluding hydrogens is 284 g/mol. The lowest BCUT2D eigenvalue weighted by Crippen LogP contribution is -2.45. The summed E-state index contributed by atoms with van der Waals surface area (Å²) in [6.07, 6.45) is 3.64. The number of hydrogen-bond donors (Lipinski definition) is 1. The van der Waals surface area contributed by atoms with Gasteiger partial charge in [-0.15, -0.1) is 0 Å². The van der Waals surface area contributed by atoms with Crippen molar-refractivity contribution >= 4 is 10.0 Å².